The first-order chi connectivity index (χ1) is 13.1. The summed E-state index contributed by atoms with van der Waals surface area (Å²) < 4.78 is 5.39. The summed E-state index contributed by atoms with van der Waals surface area (Å²) in [6.45, 7) is -0.105. The fraction of sp³-hybridized carbons (Fsp3) is 0.150. The van der Waals surface area contributed by atoms with Gasteiger partial charge in [0.2, 0.25) is 0 Å². The van der Waals surface area contributed by atoms with E-state index in [1.165, 1.54) is 0 Å². The number of nitrogens with zero attached hydrogens (tertiary/aromatic N) is 1. The smallest absolute Gasteiger partial charge is 0.313 e. The number of fused-ring (bicyclic) bond motifs is 1. The molecule has 0 bridgehead atoms. The van der Waals surface area contributed by atoms with E-state index in [-0.39, 0.29) is 13.2 Å². The van der Waals surface area contributed by atoms with E-state index in [0.717, 1.165) is 5.39 Å². The monoisotopic (exact) mass is 365 g/mol. The van der Waals surface area contributed by atoms with Crippen molar-refractivity contribution < 1.29 is 19.4 Å². The number of ether oxygens (including phenoxy) is 1. The second-order valence-corrected chi connectivity index (χ2v) is 5.82. The summed E-state index contributed by atoms with van der Waals surface area (Å²) in [5, 5.41) is 15.7. The minimum absolute atomic E-state index is 0.000838. The van der Waals surface area contributed by atoms with Gasteiger partial charge in [0.15, 0.2) is 0 Å². The van der Waals surface area contributed by atoms with Crippen LogP contribution in [0.1, 0.15) is 0 Å². The molecular weight excluding hydrogens is 346 g/mol. The van der Waals surface area contributed by atoms with Gasteiger partial charge in [-0.3, -0.25) is 14.6 Å². The maximum atomic E-state index is 12.1. The van der Waals surface area contributed by atoms with Gasteiger partial charge >= 0.3 is 11.8 Å². The van der Waals surface area contributed by atoms with E-state index in [4.69, 9.17) is 4.74 Å². The normalized spacial score (nSPS) is 11.6. The van der Waals surface area contributed by atoms with Gasteiger partial charge in [-0.05, 0) is 24.3 Å². The van der Waals surface area contributed by atoms with Crippen LogP contribution in [0.2, 0.25) is 0 Å². The Hall–Kier alpha value is -3.45. The number of nitrogens with one attached hydrogen (secondary N) is 2. The zero-order valence-electron chi connectivity index (χ0n) is 14.5. The zero-order chi connectivity index (χ0) is 19.1. The van der Waals surface area contributed by atoms with Gasteiger partial charge in [0.25, 0.3) is 0 Å². The van der Waals surface area contributed by atoms with Crippen molar-refractivity contribution in [2.75, 3.05) is 18.5 Å². The van der Waals surface area contributed by atoms with Crippen molar-refractivity contribution in [3.63, 3.8) is 0 Å². The number of carbonyl (C=O) groups is 2. The highest BCUT2D eigenvalue weighted by Gasteiger charge is 2.16. The second-order valence-electron chi connectivity index (χ2n) is 5.82. The maximum Gasteiger partial charge on any atom is 0.313 e. The number of rotatable bonds is 6. The summed E-state index contributed by atoms with van der Waals surface area (Å²) in [7, 11) is 0. The molecule has 3 rings (SSSR count). The average Bonchev–Trinajstić information content (AvgIpc) is 2.71. The number of amides is 2. The van der Waals surface area contributed by atoms with Crippen LogP contribution < -0.4 is 15.4 Å². The molecule has 27 heavy (non-hydrogen) atoms. The number of aromatic nitrogens is 1. The van der Waals surface area contributed by atoms with E-state index >= 15 is 0 Å². The molecule has 2 amide bonds. The third kappa shape index (κ3) is 5.02. The SMILES string of the molecule is O=C(NC[C@H](O)COc1ccccc1)C(=O)Nc1cccc2cccnc12. The Morgan fingerprint density at radius 1 is 1.00 bits per heavy atom. The molecule has 7 nitrogen and oxygen atoms in total. The number of benzene rings is 2. The number of hydrogen-bond acceptors (Lipinski definition) is 5. The topological polar surface area (TPSA) is 101 Å². The van der Waals surface area contributed by atoms with Crippen LogP contribution in [-0.2, 0) is 9.59 Å². The number of aliphatic hydroxyl groups is 1. The van der Waals surface area contributed by atoms with E-state index < -0.39 is 17.9 Å². The van der Waals surface area contributed by atoms with Gasteiger partial charge in [-0.25, -0.2) is 0 Å². The maximum absolute atomic E-state index is 12.1. The van der Waals surface area contributed by atoms with Crippen LogP contribution in [0.3, 0.4) is 0 Å². The molecule has 0 aliphatic carbocycles. The predicted molar refractivity (Wildman–Crippen MR) is 101 cm³/mol. The molecule has 0 saturated carbocycles. The summed E-state index contributed by atoms with van der Waals surface area (Å²) in [5.74, 6) is -1.06. The summed E-state index contributed by atoms with van der Waals surface area (Å²) in [6.07, 6.45) is 0.669. The summed E-state index contributed by atoms with van der Waals surface area (Å²) in [4.78, 5) is 28.3. The van der Waals surface area contributed by atoms with E-state index in [9.17, 15) is 14.7 Å². The van der Waals surface area contributed by atoms with Crippen molar-refractivity contribution in [1.29, 1.82) is 0 Å². The standard InChI is InChI=1S/C20H19N3O4/c24-15(13-27-16-8-2-1-3-9-16)12-22-19(25)20(26)23-17-10-4-6-14-7-5-11-21-18(14)17/h1-11,15,24H,12-13H2,(H,22,25)(H,23,26)/t15-/m0/s1. The van der Waals surface area contributed by atoms with Gasteiger partial charge in [-0.1, -0.05) is 36.4 Å². The molecule has 0 aliphatic heterocycles. The van der Waals surface area contributed by atoms with Crippen molar-refractivity contribution in [3.05, 3.63) is 66.9 Å². The fourth-order valence-electron chi connectivity index (χ4n) is 2.44. The first kappa shape index (κ1) is 18.3. The Labute approximate surface area is 156 Å². The van der Waals surface area contributed by atoms with Gasteiger partial charge in [0, 0.05) is 18.1 Å². The van der Waals surface area contributed by atoms with Gasteiger partial charge in [0.05, 0.1) is 11.2 Å². The highest BCUT2D eigenvalue weighted by molar-refractivity contribution is 6.40. The molecule has 1 aromatic heterocycles. The zero-order valence-corrected chi connectivity index (χ0v) is 14.5. The average molecular weight is 365 g/mol. The molecular formula is C20H19N3O4. The number of aliphatic hydroxyl groups excluding tert-OH is 1. The molecule has 3 aromatic rings. The number of hydrogen-bond donors (Lipinski definition) is 3. The van der Waals surface area contributed by atoms with Gasteiger partial charge in [0.1, 0.15) is 18.5 Å². The molecule has 138 valence electrons. The van der Waals surface area contributed by atoms with E-state index in [0.29, 0.717) is 17.0 Å². The minimum atomic E-state index is -0.943. The highest BCUT2D eigenvalue weighted by Crippen LogP contribution is 2.20. The Morgan fingerprint density at radius 2 is 1.78 bits per heavy atom. The van der Waals surface area contributed by atoms with E-state index in [2.05, 4.69) is 15.6 Å². The molecule has 0 radical (unpaired) electrons. The number of para-hydroxylation sites is 2. The molecule has 2 aromatic carbocycles. The summed E-state index contributed by atoms with van der Waals surface area (Å²) in [5.41, 5.74) is 1.04. The lowest BCUT2D eigenvalue weighted by atomic mass is 10.2. The third-order valence-electron chi connectivity index (χ3n) is 3.77. The third-order valence-corrected chi connectivity index (χ3v) is 3.77. The van der Waals surface area contributed by atoms with Crippen LogP contribution in [0.5, 0.6) is 5.75 Å². The summed E-state index contributed by atoms with van der Waals surface area (Å²) in [6, 6.07) is 18.0. The predicted octanol–water partition coefficient (Wildman–Crippen LogP) is 1.73. The second kappa shape index (κ2) is 8.77. The molecule has 0 spiro atoms. The first-order valence-corrected chi connectivity index (χ1v) is 8.42. The number of carbonyl (C=O) groups excluding carboxylic acids is 2. The van der Waals surface area contributed by atoms with E-state index in [1.807, 2.05) is 30.3 Å². The Morgan fingerprint density at radius 3 is 2.59 bits per heavy atom. The van der Waals surface area contributed by atoms with Crippen LogP contribution in [-0.4, -0.2) is 41.2 Å². The highest BCUT2D eigenvalue weighted by atomic mass is 16.5. The van der Waals surface area contributed by atoms with Crippen molar-refractivity contribution in [2.45, 2.75) is 6.10 Å². The fourth-order valence-corrected chi connectivity index (χ4v) is 2.44. The molecule has 7 heteroatoms. The van der Waals surface area contributed by atoms with Crippen LogP contribution in [0.4, 0.5) is 5.69 Å². The van der Waals surface area contributed by atoms with Crippen LogP contribution >= 0.6 is 0 Å². The van der Waals surface area contributed by atoms with Crippen molar-refractivity contribution in [3.8, 4) is 5.75 Å². The Balaban J connectivity index is 1.49. The lowest BCUT2D eigenvalue weighted by molar-refractivity contribution is -0.136. The Kier molecular flexibility index (Phi) is 5.96. The molecule has 0 fully saturated rings. The van der Waals surface area contributed by atoms with Crippen molar-refractivity contribution in [1.82, 2.24) is 10.3 Å². The lowest BCUT2D eigenvalue weighted by Crippen LogP contribution is -2.41. The van der Waals surface area contributed by atoms with E-state index in [1.54, 1.807) is 36.5 Å². The molecule has 1 atom stereocenters. The molecule has 1 heterocycles. The minimum Gasteiger partial charge on any atom is -0.491 e. The summed E-state index contributed by atoms with van der Waals surface area (Å²) >= 11 is 0. The molecule has 0 saturated heterocycles. The molecule has 3 N–H and O–H groups in total. The van der Waals surface area contributed by atoms with Gasteiger partial charge in [-0.15, -0.1) is 0 Å². The largest absolute Gasteiger partial charge is 0.491 e. The molecule has 0 aliphatic rings. The van der Waals surface area contributed by atoms with Crippen molar-refractivity contribution in [2.24, 2.45) is 0 Å². The van der Waals surface area contributed by atoms with Gasteiger partial charge < -0.3 is 20.5 Å². The number of pyridine rings is 1. The Bertz CT molecular complexity index is 925. The van der Waals surface area contributed by atoms with Crippen molar-refractivity contribution >= 4 is 28.4 Å². The first-order valence-electron chi connectivity index (χ1n) is 8.42. The molecule has 0 unspecified atom stereocenters. The van der Waals surface area contributed by atoms with Crippen LogP contribution in [0.15, 0.2) is 66.9 Å². The lowest BCUT2D eigenvalue weighted by Gasteiger charge is -2.13. The number of anilines is 1. The quantitative estimate of drug-likeness (QED) is 0.578. The van der Waals surface area contributed by atoms with Crippen LogP contribution in [0.25, 0.3) is 10.9 Å². The van der Waals surface area contributed by atoms with Gasteiger partial charge in [-0.2, -0.15) is 0 Å². The van der Waals surface area contributed by atoms with Crippen LogP contribution in [0, 0.1) is 0 Å².